The normalized spacial score (nSPS) is 26.6. The van der Waals surface area contributed by atoms with E-state index in [2.05, 4.69) is 20.9 Å². The van der Waals surface area contributed by atoms with Gasteiger partial charge in [0.05, 0.1) is 12.2 Å². The molecule has 0 unspecified atom stereocenters. The number of amides is 1. The number of pyridine rings is 1. The lowest BCUT2D eigenvalue weighted by molar-refractivity contribution is -0.133. The minimum Gasteiger partial charge on any atom is -0.339 e. The summed E-state index contributed by atoms with van der Waals surface area (Å²) in [6, 6.07) is 4.00. The smallest absolute Gasteiger partial charge is 0.262 e. The van der Waals surface area contributed by atoms with E-state index in [9.17, 15) is 13.2 Å². The third-order valence-corrected chi connectivity index (χ3v) is 9.19. The Bertz CT molecular complexity index is 1080. The number of aromatic nitrogens is 3. The highest BCUT2D eigenvalue weighted by Crippen LogP contribution is 2.49. The molecule has 9 nitrogen and oxygen atoms in total. The number of hydrogen-bond donors (Lipinski definition) is 0. The van der Waals surface area contributed by atoms with Crippen LogP contribution >= 0.6 is 0 Å². The molecule has 3 fully saturated rings. The van der Waals surface area contributed by atoms with Crippen molar-refractivity contribution in [3.05, 3.63) is 42.6 Å². The van der Waals surface area contributed by atoms with E-state index in [1.807, 2.05) is 24.2 Å². The maximum atomic E-state index is 13.1. The van der Waals surface area contributed by atoms with Crippen LogP contribution < -0.4 is 0 Å². The molecule has 0 N–H and O–H groups in total. The number of nitrogens with zero attached hydrogens (tertiary/aromatic N) is 6. The van der Waals surface area contributed by atoms with E-state index < -0.39 is 10.0 Å². The highest BCUT2D eigenvalue weighted by atomic mass is 32.2. The van der Waals surface area contributed by atoms with Crippen LogP contribution in [0.2, 0.25) is 0 Å². The lowest BCUT2D eigenvalue weighted by Crippen LogP contribution is -2.56. The molecule has 0 aliphatic carbocycles. The summed E-state index contributed by atoms with van der Waals surface area (Å²) in [5, 5.41) is 0.0863. The maximum Gasteiger partial charge on any atom is 0.262 e. The first kappa shape index (κ1) is 20.6. The molecule has 5 heterocycles. The highest BCUT2D eigenvalue weighted by Gasteiger charge is 2.60. The van der Waals surface area contributed by atoms with Crippen molar-refractivity contribution in [3.8, 4) is 0 Å². The molecule has 2 aromatic rings. The average Bonchev–Trinajstić information content (AvgIpc) is 3.44. The lowest BCUT2D eigenvalue weighted by atomic mass is 9.75. The number of imidazole rings is 1. The minimum absolute atomic E-state index is 0.0133. The van der Waals surface area contributed by atoms with Crippen molar-refractivity contribution >= 4 is 15.9 Å². The number of carbonyl (C=O) groups excluding carboxylic acids is 1. The van der Waals surface area contributed by atoms with E-state index in [0.29, 0.717) is 25.9 Å². The minimum atomic E-state index is -3.61. The molecular formula is C21H28N6O3S. The van der Waals surface area contributed by atoms with Crippen LogP contribution in [0, 0.1) is 11.8 Å². The van der Waals surface area contributed by atoms with Crippen LogP contribution in [0.25, 0.3) is 0 Å². The van der Waals surface area contributed by atoms with Gasteiger partial charge in [0.25, 0.3) is 10.0 Å². The molecule has 0 bridgehead atoms. The Morgan fingerprint density at radius 2 is 1.97 bits per heavy atom. The van der Waals surface area contributed by atoms with Crippen molar-refractivity contribution in [1.29, 1.82) is 0 Å². The number of sulfonamides is 1. The molecule has 5 rings (SSSR count). The zero-order valence-electron chi connectivity index (χ0n) is 17.9. The SMILES string of the molecule is CN1C(=O)[C@H]2CN(Cc3cccnc3)C[C@H]2C12CCN(S(=O)(=O)c1cn(C)cn1)CC2. The number of piperidine rings is 1. The predicted molar refractivity (Wildman–Crippen MR) is 113 cm³/mol. The molecule has 3 saturated heterocycles. The number of likely N-dealkylation sites (tertiary alicyclic amines) is 2. The predicted octanol–water partition coefficient (Wildman–Crippen LogP) is 0.559. The zero-order valence-corrected chi connectivity index (χ0v) is 18.7. The second kappa shape index (κ2) is 7.39. The van der Waals surface area contributed by atoms with Crippen LogP contribution in [-0.2, 0) is 28.4 Å². The summed E-state index contributed by atoms with van der Waals surface area (Å²) in [7, 11) is 0.0442. The first-order chi connectivity index (χ1) is 14.8. The Labute approximate surface area is 182 Å². The maximum absolute atomic E-state index is 13.1. The fraction of sp³-hybridized carbons (Fsp3) is 0.571. The Hall–Kier alpha value is -2.30. The molecular weight excluding hydrogens is 416 g/mol. The van der Waals surface area contributed by atoms with Gasteiger partial charge in [-0.15, -0.1) is 0 Å². The van der Waals surface area contributed by atoms with Gasteiger partial charge in [-0.3, -0.25) is 14.7 Å². The molecule has 31 heavy (non-hydrogen) atoms. The van der Waals surface area contributed by atoms with Crippen molar-refractivity contribution in [1.82, 2.24) is 28.6 Å². The summed E-state index contributed by atoms with van der Waals surface area (Å²) in [4.78, 5) is 25.6. The van der Waals surface area contributed by atoms with Gasteiger partial charge in [-0.1, -0.05) is 6.07 Å². The van der Waals surface area contributed by atoms with Crippen molar-refractivity contribution in [2.45, 2.75) is 30.0 Å². The van der Waals surface area contributed by atoms with Gasteiger partial charge < -0.3 is 9.47 Å². The number of rotatable bonds is 4. The molecule has 10 heteroatoms. The van der Waals surface area contributed by atoms with Gasteiger partial charge in [0, 0.05) is 76.9 Å². The molecule has 1 amide bonds. The van der Waals surface area contributed by atoms with Crippen LogP contribution in [0.15, 0.2) is 42.1 Å². The fourth-order valence-corrected chi connectivity index (χ4v) is 7.16. The third-order valence-electron chi connectivity index (χ3n) is 7.40. The van der Waals surface area contributed by atoms with Crippen molar-refractivity contribution in [2.24, 2.45) is 18.9 Å². The van der Waals surface area contributed by atoms with E-state index in [0.717, 1.165) is 25.2 Å². The molecule has 166 valence electrons. The first-order valence-corrected chi connectivity index (χ1v) is 12.1. The van der Waals surface area contributed by atoms with E-state index >= 15 is 0 Å². The molecule has 2 aromatic heterocycles. The van der Waals surface area contributed by atoms with Crippen molar-refractivity contribution in [3.63, 3.8) is 0 Å². The van der Waals surface area contributed by atoms with Crippen LogP contribution in [-0.4, -0.2) is 81.7 Å². The van der Waals surface area contributed by atoms with Gasteiger partial charge >= 0.3 is 0 Å². The summed E-state index contributed by atoms with van der Waals surface area (Å²) in [5.74, 6) is 0.404. The average molecular weight is 445 g/mol. The quantitative estimate of drug-likeness (QED) is 0.684. The first-order valence-electron chi connectivity index (χ1n) is 10.7. The molecule has 0 radical (unpaired) electrons. The molecule has 0 aromatic carbocycles. The van der Waals surface area contributed by atoms with Gasteiger partial charge in [0.15, 0.2) is 5.03 Å². The van der Waals surface area contributed by atoms with Gasteiger partial charge in [-0.25, -0.2) is 13.4 Å². The highest BCUT2D eigenvalue weighted by molar-refractivity contribution is 7.89. The van der Waals surface area contributed by atoms with Crippen molar-refractivity contribution in [2.75, 3.05) is 33.2 Å². The molecule has 0 saturated carbocycles. The standard InChI is InChI=1S/C21H28N6O3S/c1-24-14-19(23-15-24)31(29,30)27-8-5-21(6-9-27)18-13-26(11-16-4-3-7-22-10-16)12-17(18)20(28)25(21)2/h3-4,7,10,14-15,17-18H,5-6,8-9,11-13H2,1-2H3/t17-,18+/m0/s1. The van der Waals surface area contributed by atoms with Crippen molar-refractivity contribution < 1.29 is 13.2 Å². The van der Waals surface area contributed by atoms with Gasteiger partial charge in [0.2, 0.25) is 5.91 Å². The van der Waals surface area contributed by atoms with Crippen LogP contribution in [0.1, 0.15) is 18.4 Å². The summed E-state index contributed by atoms with van der Waals surface area (Å²) < 4.78 is 29.1. The molecule has 3 aliphatic rings. The number of aryl methyl sites for hydroxylation is 1. The lowest BCUT2D eigenvalue weighted by Gasteiger charge is -2.46. The van der Waals surface area contributed by atoms with Gasteiger partial charge in [0.1, 0.15) is 0 Å². The van der Waals surface area contributed by atoms with Crippen LogP contribution in [0.3, 0.4) is 0 Å². The number of hydrogen-bond acceptors (Lipinski definition) is 6. The Morgan fingerprint density at radius 1 is 1.19 bits per heavy atom. The molecule has 3 aliphatic heterocycles. The largest absolute Gasteiger partial charge is 0.339 e. The summed E-state index contributed by atoms with van der Waals surface area (Å²) in [5.41, 5.74) is 0.871. The summed E-state index contributed by atoms with van der Waals surface area (Å²) in [6.45, 7) is 3.20. The second-order valence-electron chi connectivity index (χ2n) is 9.05. The van der Waals surface area contributed by atoms with E-state index in [1.54, 1.807) is 17.8 Å². The summed E-state index contributed by atoms with van der Waals surface area (Å²) in [6.07, 6.45) is 7.99. The fourth-order valence-electron chi connectivity index (χ4n) is 5.75. The van der Waals surface area contributed by atoms with Gasteiger partial charge in [-0.05, 0) is 24.5 Å². The van der Waals surface area contributed by atoms with Crippen LogP contribution in [0.5, 0.6) is 0 Å². The Kier molecular flexibility index (Phi) is 4.91. The Morgan fingerprint density at radius 3 is 2.61 bits per heavy atom. The monoisotopic (exact) mass is 444 g/mol. The zero-order chi connectivity index (χ0) is 21.8. The second-order valence-corrected chi connectivity index (χ2v) is 10.9. The third kappa shape index (κ3) is 3.28. The number of fused-ring (bicyclic) bond motifs is 2. The van der Waals surface area contributed by atoms with Crippen LogP contribution in [0.4, 0.5) is 0 Å². The molecule has 2 atom stereocenters. The number of carbonyl (C=O) groups is 1. The summed E-state index contributed by atoms with van der Waals surface area (Å²) >= 11 is 0. The van der Waals surface area contributed by atoms with E-state index in [-0.39, 0.29) is 28.3 Å². The topological polar surface area (TPSA) is 91.6 Å². The molecule has 1 spiro atoms. The Balaban J connectivity index is 1.32. The van der Waals surface area contributed by atoms with Gasteiger partial charge in [-0.2, -0.15) is 4.31 Å². The van der Waals surface area contributed by atoms with E-state index in [1.165, 1.54) is 16.8 Å². The van der Waals surface area contributed by atoms with E-state index in [4.69, 9.17) is 0 Å².